The molecule has 2 N–H and O–H groups in total. The van der Waals surface area contributed by atoms with Gasteiger partial charge in [-0.05, 0) is 43.7 Å². The Labute approximate surface area is 166 Å². The Bertz CT molecular complexity index is 971. The number of carbonyl (C=O) groups excluding carboxylic acids is 1. The number of halogens is 1. The number of fused-ring (bicyclic) bond motifs is 1. The number of aromatic nitrogens is 3. The van der Waals surface area contributed by atoms with Gasteiger partial charge in [0.15, 0.2) is 0 Å². The molecule has 0 aliphatic carbocycles. The van der Waals surface area contributed by atoms with E-state index in [1.54, 1.807) is 24.3 Å². The average Bonchev–Trinajstić information content (AvgIpc) is 3.03. The first-order valence-corrected chi connectivity index (χ1v) is 9.75. The lowest BCUT2D eigenvalue weighted by Crippen LogP contribution is -2.41. The Morgan fingerprint density at radius 2 is 1.81 bits per heavy atom. The number of aryl methyl sites for hydroxylation is 2. The van der Waals surface area contributed by atoms with E-state index < -0.39 is 5.25 Å². The molecule has 0 radical (unpaired) electrons. The van der Waals surface area contributed by atoms with E-state index in [4.69, 9.17) is 11.6 Å². The molecule has 2 atom stereocenters. The molecule has 1 aliphatic rings. The Balaban J connectivity index is 1.65. The highest BCUT2D eigenvalue weighted by Crippen LogP contribution is 2.37. The summed E-state index contributed by atoms with van der Waals surface area (Å²) in [5.41, 5.74) is 6.30. The van der Waals surface area contributed by atoms with Gasteiger partial charge in [0, 0.05) is 10.7 Å². The first-order chi connectivity index (χ1) is 13.0. The minimum atomic E-state index is -0.403. The number of hydrogen-bond donors (Lipinski definition) is 2. The zero-order valence-electron chi connectivity index (χ0n) is 14.8. The first-order valence-electron chi connectivity index (χ1n) is 8.49. The highest BCUT2D eigenvalue weighted by atomic mass is 35.5. The second-order valence-corrected chi connectivity index (χ2v) is 7.96. The topological polar surface area (TPSA) is 71.8 Å². The van der Waals surface area contributed by atoms with Crippen LogP contribution in [0.5, 0.6) is 0 Å². The molecule has 1 aliphatic heterocycles. The van der Waals surface area contributed by atoms with E-state index in [9.17, 15) is 4.79 Å². The van der Waals surface area contributed by atoms with Gasteiger partial charge in [-0.1, -0.05) is 53.2 Å². The third kappa shape index (κ3) is 3.65. The van der Waals surface area contributed by atoms with Crippen LogP contribution in [0, 0.1) is 13.8 Å². The van der Waals surface area contributed by atoms with Crippen LogP contribution >= 0.6 is 23.4 Å². The molecular formula is C19H18ClN5OS. The van der Waals surface area contributed by atoms with Crippen molar-refractivity contribution in [3.63, 3.8) is 0 Å². The number of rotatable bonds is 3. The molecule has 8 heteroatoms. The Kier molecular flexibility index (Phi) is 4.80. The maximum absolute atomic E-state index is 13.1. The minimum absolute atomic E-state index is 0.104. The maximum atomic E-state index is 13.1. The standard InChI is InChI=1S/C19H18ClN5OS/c1-11-3-5-13(6-4-11)16-17(27-19-23-22-12(2)25(19)24-16)18(26)21-15-9-7-14(20)8-10-15/h3-10,16-17,24H,1-2H3,(H,21,26). The molecule has 2 aromatic carbocycles. The molecule has 2 heterocycles. The third-order valence-electron chi connectivity index (χ3n) is 4.41. The van der Waals surface area contributed by atoms with Crippen LogP contribution in [0.2, 0.25) is 5.02 Å². The molecule has 27 heavy (non-hydrogen) atoms. The fourth-order valence-electron chi connectivity index (χ4n) is 2.93. The monoisotopic (exact) mass is 399 g/mol. The quantitative estimate of drug-likeness (QED) is 0.697. The smallest absolute Gasteiger partial charge is 0.240 e. The summed E-state index contributed by atoms with van der Waals surface area (Å²) in [5.74, 6) is 0.651. The maximum Gasteiger partial charge on any atom is 0.240 e. The number of nitrogens with one attached hydrogen (secondary N) is 2. The fourth-order valence-corrected chi connectivity index (χ4v) is 4.18. The molecule has 1 aromatic heterocycles. The van der Waals surface area contributed by atoms with Crippen molar-refractivity contribution >= 4 is 35.0 Å². The first kappa shape index (κ1) is 17.9. The number of hydrogen-bond acceptors (Lipinski definition) is 5. The molecule has 0 saturated carbocycles. The largest absolute Gasteiger partial charge is 0.325 e. The van der Waals surface area contributed by atoms with E-state index >= 15 is 0 Å². The predicted octanol–water partition coefficient (Wildman–Crippen LogP) is 3.95. The van der Waals surface area contributed by atoms with Gasteiger partial charge in [-0.2, -0.15) is 0 Å². The summed E-state index contributed by atoms with van der Waals surface area (Å²) in [4.78, 5) is 13.1. The van der Waals surface area contributed by atoms with Gasteiger partial charge in [0.2, 0.25) is 11.1 Å². The van der Waals surface area contributed by atoms with E-state index in [0.29, 0.717) is 15.9 Å². The van der Waals surface area contributed by atoms with Gasteiger partial charge in [0.1, 0.15) is 11.1 Å². The number of nitrogens with zero attached hydrogens (tertiary/aromatic N) is 3. The highest BCUT2D eigenvalue weighted by Gasteiger charge is 2.37. The number of amides is 1. The number of carbonyl (C=O) groups is 1. The summed E-state index contributed by atoms with van der Waals surface area (Å²) in [6, 6.07) is 15.0. The fraction of sp³-hybridized carbons (Fsp3) is 0.211. The molecule has 6 nitrogen and oxygen atoms in total. The van der Waals surface area contributed by atoms with Crippen molar-refractivity contribution in [2.24, 2.45) is 0 Å². The summed E-state index contributed by atoms with van der Waals surface area (Å²) in [7, 11) is 0. The molecular weight excluding hydrogens is 382 g/mol. The van der Waals surface area contributed by atoms with Gasteiger partial charge >= 0.3 is 0 Å². The Morgan fingerprint density at radius 3 is 2.52 bits per heavy atom. The lowest BCUT2D eigenvalue weighted by Gasteiger charge is -2.32. The van der Waals surface area contributed by atoms with Crippen molar-refractivity contribution in [1.82, 2.24) is 14.9 Å². The zero-order chi connectivity index (χ0) is 19.0. The van der Waals surface area contributed by atoms with Crippen molar-refractivity contribution in [2.45, 2.75) is 30.3 Å². The SMILES string of the molecule is Cc1ccc(C2Nn3c(C)nnc3SC2C(=O)Nc2ccc(Cl)cc2)cc1. The third-order valence-corrected chi connectivity index (χ3v) is 5.87. The van der Waals surface area contributed by atoms with E-state index in [1.165, 1.54) is 17.3 Å². The van der Waals surface area contributed by atoms with Crippen molar-refractivity contribution in [3.05, 3.63) is 70.5 Å². The van der Waals surface area contributed by atoms with Crippen molar-refractivity contribution in [3.8, 4) is 0 Å². The van der Waals surface area contributed by atoms with E-state index in [2.05, 4.69) is 20.9 Å². The number of benzene rings is 2. The van der Waals surface area contributed by atoms with Gasteiger partial charge in [0.05, 0.1) is 6.04 Å². The van der Waals surface area contributed by atoms with Crippen LogP contribution in [0.1, 0.15) is 23.0 Å². The average molecular weight is 400 g/mol. The normalized spacial score (nSPS) is 18.5. The van der Waals surface area contributed by atoms with Gasteiger partial charge in [-0.15, -0.1) is 10.2 Å². The van der Waals surface area contributed by atoms with Gasteiger partial charge in [-0.3, -0.25) is 4.79 Å². The molecule has 0 saturated heterocycles. The Hall–Kier alpha value is -2.51. The lowest BCUT2D eigenvalue weighted by molar-refractivity contribution is -0.116. The van der Waals surface area contributed by atoms with Crippen LogP contribution in [0.4, 0.5) is 5.69 Å². The van der Waals surface area contributed by atoms with Gasteiger partial charge in [0.25, 0.3) is 0 Å². The second kappa shape index (κ2) is 7.25. The molecule has 1 amide bonds. The zero-order valence-corrected chi connectivity index (χ0v) is 16.4. The van der Waals surface area contributed by atoms with Crippen LogP contribution in [-0.2, 0) is 4.79 Å². The summed E-state index contributed by atoms with van der Waals surface area (Å²) in [5, 5.41) is 12.1. The van der Waals surface area contributed by atoms with E-state index in [-0.39, 0.29) is 11.9 Å². The summed E-state index contributed by atoms with van der Waals surface area (Å²) in [6.07, 6.45) is 0. The van der Waals surface area contributed by atoms with Crippen molar-refractivity contribution < 1.29 is 4.79 Å². The van der Waals surface area contributed by atoms with E-state index in [0.717, 1.165) is 11.4 Å². The van der Waals surface area contributed by atoms with Crippen LogP contribution in [-0.4, -0.2) is 26.0 Å². The summed E-state index contributed by atoms with van der Waals surface area (Å²) < 4.78 is 1.83. The molecule has 0 spiro atoms. The Morgan fingerprint density at radius 1 is 1.11 bits per heavy atom. The van der Waals surface area contributed by atoms with Crippen LogP contribution in [0.3, 0.4) is 0 Å². The van der Waals surface area contributed by atoms with Gasteiger partial charge in [-0.25, -0.2) is 4.68 Å². The molecule has 2 unspecified atom stereocenters. The summed E-state index contributed by atoms with van der Waals surface area (Å²) in [6.45, 7) is 3.92. The second-order valence-electron chi connectivity index (χ2n) is 6.42. The summed E-state index contributed by atoms with van der Waals surface area (Å²) >= 11 is 7.33. The molecule has 0 bridgehead atoms. The molecule has 4 rings (SSSR count). The van der Waals surface area contributed by atoms with Crippen molar-refractivity contribution in [2.75, 3.05) is 10.7 Å². The number of thioether (sulfide) groups is 1. The van der Waals surface area contributed by atoms with Crippen LogP contribution < -0.4 is 10.7 Å². The van der Waals surface area contributed by atoms with E-state index in [1.807, 2.05) is 42.8 Å². The molecule has 0 fully saturated rings. The van der Waals surface area contributed by atoms with Crippen LogP contribution in [0.25, 0.3) is 0 Å². The molecule has 138 valence electrons. The van der Waals surface area contributed by atoms with Crippen molar-refractivity contribution in [1.29, 1.82) is 0 Å². The minimum Gasteiger partial charge on any atom is -0.325 e. The lowest BCUT2D eigenvalue weighted by atomic mass is 10.0. The number of anilines is 1. The van der Waals surface area contributed by atoms with Crippen LogP contribution in [0.15, 0.2) is 53.7 Å². The predicted molar refractivity (Wildman–Crippen MR) is 108 cm³/mol. The highest BCUT2D eigenvalue weighted by molar-refractivity contribution is 8.00. The van der Waals surface area contributed by atoms with Gasteiger partial charge < -0.3 is 10.7 Å². The molecule has 3 aromatic rings.